The zero-order chi connectivity index (χ0) is 24.0. The summed E-state index contributed by atoms with van der Waals surface area (Å²) in [5.41, 5.74) is -0.183. The summed E-state index contributed by atoms with van der Waals surface area (Å²) in [5.74, 6) is -0.333. The Morgan fingerprint density at radius 1 is 1.15 bits per heavy atom. The standard InChI is InChI=1S/C21H16F3N9O/c1-10(11-8-28-20(29-9-11)21(22,23)24)33-18-15(14(7-25)32-33)19(34)31-17(30-18)13-4-3-12(13)16-26-5-2-6-27-16/h2,5-6,8-10,12-13H,3-4H2,1H3,(H,30,31,34)/t10-,12-,13-/m0/s1. The van der Waals surface area contributed by atoms with Crippen molar-refractivity contribution in [1.29, 1.82) is 5.26 Å². The molecule has 0 aliphatic heterocycles. The molecule has 1 aliphatic rings. The van der Waals surface area contributed by atoms with E-state index in [9.17, 15) is 23.2 Å². The average Bonchev–Trinajstić information content (AvgIpc) is 3.17. The van der Waals surface area contributed by atoms with E-state index in [-0.39, 0.29) is 28.6 Å². The van der Waals surface area contributed by atoms with Gasteiger partial charge in [-0.2, -0.15) is 23.5 Å². The largest absolute Gasteiger partial charge is 0.451 e. The quantitative estimate of drug-likeness (QED) is 0.483. The lowest BCUT2D eigenvalue weighted by Crippen LogP contribution is -2.28. The summed E-state index contributed by atoms with van der Waals surface area (Å²) in [5, 5.41) is 13.7. The zero-order valence-electron chi connectivity index (χ0n) is 17.7. The van der Waals surface area contributed by atoms with E-state index in [4.69, 9.17) is 0 Å². The normalized spacial score (nSPS) is 18.9. The van der Waals surface area contributed by atoms with Crippen molar-refractivity contribution in [2.45, 2.75) is 43.8 Å². The van der Waals surface area contributed by atoms with Crippen LogP contribution < -0.4 is 5.56 Å². The van der Waals surface area contributed by atoms with Crippen LogP contribution in [0.15, 0.2) is 35.6 Å². The zero-order valence-corrected chi connectivity index (χ0v) is 17.7. The highest BCUT2D eigenvalue weighted by Crippen LogP contribution is 2.46. The Labute approximate surface area is 189 Å². The van der Waals surface area contributed by atoms with E-state index in [0.717, 1.165) is 25.2 Å². The topological polar surface area (TPSA) is 139 Å². The molecule has 4 aromatic rings. The second-order valence-corrected chi connectivity index (χ2v) is 7.97. The predicted molar refractivity (Wildman–Crippen MR) is 110 cm³/mol. The van der Waals surface area contributed by atoms with E-state index in [1.54, 1.807) is 25.4 Å². The first-order valence-electron chi connectivity index (χ1n) is 10.4. The number of hydrogen-bond acceptors (Lipinski definition) is 8. The molecule has 172 valence electrons. The summed E-state index contributed by atoms with van der Waals surface area (Å²) >= 11 is 0. The first kappa shape index (κ1) is 21.6. The van der Waals surface area contributed by atoms with E-state index < -0.39 is 23.6 Å². The van der Waals surface area contributed by atoms with Gasteiger partial charge in [-0.1, -0.05) is 0 Å². The smallest absolute Gasteiger partial charge is 0.310 e. The monoisotopic (exact) mass is 467 g/mol. The van der Waals surface area contributed by atoms with Crippen LogP contribution in [0.1, 0.15) is 66.4 Å². The number of aromatic amines is 1. The van der Waals surface area contributed by atoms with Gasteiger partial charge in [-0.15, -0.1) is 0 Å². The summed E-state index contributed by atoms with van der Waals surface area (Å²) in [6.07, 6.45) is 2.32. The Kier molecular flexibility index (Phi) is 5.07. The molecule has 5 rings (SSSR count). The van der Waals surface area contributed by atoms with Gasteiger partial charge >= 0.3 is 6.18 Å². The van der Waals surface area contributed by atoms with E-state index in [1.165, 1.54) is 4.68 Å². The molecule has 4 heterocycles. The molecule has 1 fully saturated rings. The summed E-state index contributed by atoms with van der Waals surface area (Å²) in [6, 6.07) is 2.91. The maximum absolute atomic E-state index is 12.9. The molecule has 4 aromatic heterocycles. The second kappa shape index (κ2) is 7.98. The van der Waals surface area contributed by atoms with Gasteiger partial charge < -0.3 is 4.98 Å². The Morgan fingerprint density at radius 2 is 1.82 bits per heavy atom. The molecule has 0 amide bonds. The third-order valence-electron chi connectivity index (χ3n) is 6.00. The fraction of sp³-hybridized carbons (Fsp3) is 0.333. The number of nitrogens with one attached hydrogen (secondary N) is 1. The minimum atomic E-state index is -4.67. The molecule has 1 aliphatic carbocycles. The molecule has 0 spiro atoms. The third-order valence-corrected chi connectivity index (χ3v) is 6.00. The minimum Gasteiger partial charge on any atom is -0.310 e. The second-order valence-electron chi connectivity index (χ2n) is 7.97. The molecular formula is C21H16F3N9O. The molecule has 10 nitrogen and oxygen atoms in total. The van der Waals surface area contributed by atoms with Crippen molar-refractivity contribution in [3.8, 4) is 6.07 Å². The summed E-state index contributed by atoms with van der Waals surface area (Å²) in [6.45, 7) is 1.64. The number of nitriles is 1. The Balaban J connectivity index is 1.57. The van der Waals surface area contributed by atoms with Gasteiger partial charge in [-0.3, -0.25) is 4.79 Å². The van der Waals surface area contributed by atoms with Gasteiger partial charge in [-0.25, -0.2) is 29.6 Å². The van der Waals surface area contributed by atoms with Crippen molar-refractivity contribution in [1.82, 2.24) is 39.7 Å². The highest BCUT2D eigenvalue weighted by Gasteiger charge is 2.38. The van der Waals surface area contributed by atoms with E-state index >= 15 is 0 Å². The van der Waals surface area contributed by atoms with Crippen molar-refractivity contribution in [3.63, 3.8) is 0 Å². The molecule has 0 aromatic carbocycles. The highest BCUT2D eigenvalue weighted by atomic mass is 19.4. The number of H-pyrrole nitrogens is 1. The van der Waals surface area contributed by atoms with Gasteiger partial charge in [0.05, 0.1) is 6.04 Å². The minimum absolute atomic E-state index is 0.0118. The van der Waals surface area contributed by atoms with Gasteiger partial charge in [0.15, 0.2) is 11.3 Å². The van der Waals surface area contributed by atoms with Crippen LogP contribution in [0, 0.1) is 11.3 Å². The van der Waals surface area contributed by atoms with Crippen LogP contribution in [-0.2, 0) is 6.18 Å². The van der Waals surface area contributed by atoms with Crippen LogP contribution in [-0.4, -0.2) is 39.7 Å². The van der Waals surface area contributed by atoms with Crippen LogP contribution in [0.3, 0.4) is 0 Å². The van der Waals surface area contributed by atoms with Gasteiger partial charge in [0, 0.05) is 42.2 Å². The lowest BCUT2D eigenvalue weighted by molar-refractivity contribution is -0.145. The molecule has 0 saturated heterocycles. The highest BCUT2D eigenvalue weighted by molar-refractivity contribution is 5.80. The number of nitrogens with zero attached hydrogens (tertiary/aromatic N) is 8. The van der Waals surface area contributed by atoms with Crippen molar-refractivity contribution in [2.24, 2.45) is 0 Å². The van der Waals surface area contributed by atoms with Crippen molar-refractivity contribution < 1.29 is 13.2 Å². The van der Waals surface area contributed by atoms with E-state index in [0.29, 0.717) is 17.2 Å². The number of fused-ring (bicyclic) bond motifs is 1. The number of aromatic nitrogens is 8. The van der Waals surface area contributed by atoms with Crippen molar-refractivity contribution >= 4 is 11.0 Å². The van der Waals surface area contributed by atoms with E-state index in [1.807, 2.05) is 6.07 Å². The van der Waals surface area contributed by atoms with Gasteiger partial charge in [0.1, 0.15) is 23.1 Å². The molecule has 13 heteroatoms. The van der Waals surface area contributed by atoms with Gasteiger partial charge in [-0.05, 0) is 25.8 Å². The first-order chi connectivity index (χ1) is 16.3. The van der Waals surface area contributed by atoms with Crippen LogP contribution in [0.5, 0.6) is 0 Å². The van der Waals surface area contributed by atoms with Gasteiger partial charge in [0.25, 0.3) is 5.56 Å². The van der Waals surface area contributed by atoms with Crippen molar-refractivity contribution in [3.05, 3.63) is 69.9 Å². The van der Waals surface area contributed by atoms with Crippen LogP contribution >= 0.6 is 0 Å². The molecule has 1 saturated carbocycles. The fourth-order valence-corrected chi connectivity index (χ4v) is 4.07. The molecule has 0 bridgehead atoms. The van der Waals surface area contributed by atoms with Crippen LogP contribution in [0.2, 0.25) is 0 Å². The van der Waals surface area contributed by atoms with Crippen molar-refractivity contribution in [2.75, 3.05) is 0 Å². The fourth-order valence-electron chi connectivity index (χ4n) is 4.07. The number of halogens is 3. The Morgan fingerprint density at radius 3 is 2.41 bits per heavy atom. The van der Waals surface area contributed by atoms with Gasteiger partial charge in [0.2, 0.25) is 5.82 Å². The maximum atomic E-state index is 12.9. The average molecular weight is 467 g/mol. The molecule has 1 N–H and O–H groups in total. The van der Waals surface area contributed by atoms with Crippen LogP contribution in [0.25, 0.3) is 11.0 Å². The number of rotatable bonds is 4. The van der Waals surface area contributed by atoms with E-state index in [2.05, 4.69) is 35.0 Å². The first-order valence-corrected chi connectivity index (χ1v) is 10.4. The predicted octanol–water partition coefficient (Wildman–Crippen LogP) is 2.86. The molecule has 34 heavy (non-hydrogen) atoms. The SMILES string of the molecule is C[C@@H](c1cnc(C(F)(F)F)nc1)n1nc(C#N)c2c(=O)[nH]c([C@H]3CC[C@@H]3c3ncccn3)nc21. The molecular weight excluding hydrogens is 451 g/mol. The lowest BCUT2D eigenvalue weighted by atomic mass is 9.72. The molecule has 0 unspecified atom stereocenters. The third kappa shape index (κ3) is 3.57. The Bertz CT molecular complexity index is 1460. The van der Waals surface area contributed by atoms with Crippen LogP contribution in [0.4, 0.5) is 13.2 Å². The summed E-state index contributed by atoms with van der Waals surface area (Å²) in [7, 11) is 0. The molecule has 3 atom stereocenters. The molecule has 0 radical (unpaired) electrons. The lowest BCUT2D eigenvalue weighted by Gasteiger charge is -2.34. The maximum Gasteiger partial charge on any atom is 0.451 e. The summed E-state index contributed by atoms with van der Waals surface area (Å²) < 4.78 is 39.8. The number of alkyl halides is 3. The Hall–Kier alpha value is -4.21. The summed E-state index contributed by atoms with van der Waals surface area (Å²) in [4.78, 5) is 35.7. The number of hydrogen-bond donors (Lipinski definition) is 1.